The van der Waals surface area contributed by atoms with Gasteiger partial charge >= 0.3 is 0 Å². The highest BCUT2D eigenvalue weighted by molar-refractivity contribution is 5.94. The summed E-state index contributed by atoms with van der Waals surface area (Å²) in [4.78, 5) is 16.9. The number of amides is 1. The number of ether oxygens (including phenoxy) is 1. The Labute approximate surface area is 148 Å². The van der Waals surface area contributed by atoms with Crippen LogP contribution in [0.25, 0.3) is 0 Å². The van der Waals surface area contributed by atoms with Gasteiger partial charge in [0.1, 0.15) is 11.5 Å². The number of aryl methyl sites for hydroxylation is 2. The van der Waals surface area contributed by atoms with Gasteiger partial charge in [0.15, 0.2) is 0 Å². The lowest BCUT2D eigenvalue weighted by Gasteiger charge is -2.34. The molecule has 1 aliphatic heterocycles. The Morgan fingerprint density at radius 1 is 1.16 bits per heavy atom. The minimum Gasteiger partial charge on any atom is -0.494 e. The Kier molecular flexibility index (Phi) is 5.38. The summed E-state index contributed by atoms with van der Waals surface area (Å²) < 4.78 is 10.7. The van der Waals surface area contributed by atoms with Gasteiger partial charge in [0.05, 0.1) is 12.3 Å². The first-order valence-electron chi connectivity index (χ1n) is 8.74. The van der Waals surface area contributed by atoms with Crippen molar-refractivity contribution in [1.29, 1.82) is 0 Å². The highest BCUT2D eigenvalue weighted by Gasteiger charge is 2.23. The van der Waals surface area contributed by atoms with Crippen LogP contribution in [0, 0.1) is 13.8 Å². The zero-order chi connectivity index (χ0) is 17.8. The third-order valence-electron chi connectivity index (χ3n) is 4.63. The zero-order valence-corrected chi connectivity index (χ0v) is 15.1. The van der Waals surface area contributed by atoms with E-state index >= 15 is 0 Å². The molecule has 0 radical (unpaired) electrons. The van der Waals surface area contributed by atoms with Gasteiger partial charge in [-0.05, 0) is 45.0 Å². The summed E-state index contributed by atoms with van der Waals surface area (Å²) in [6.45, 7) is 10.5. The summed E-state index contributed by atoms with van der Waals surface area (Å²) >= 11 is 0. The predicted molar refractivity (Wildman–Crippen MR) is 94.8 cm³/mol. The molecule has 25 heavy (non-hydrogen) atoms. The van der Waals surface area contributed by atoms with Crippen LogP contribution in [0.1, 0.15) is 34.3 Å². The Morgan fingerprint density at radius 2 is 1.84 bits per heavy atom. The molecule has 1 aromatic heterocycles. The summed E-state index contributed by atoms with van der Waals surface area (Å²) in [7, 11) is 0. The van der Waals surface area contributed by atoms with E-state index in [0.29, 0.717) is 12.2 Å². The molecule has 0 unspecified atom stereocenters. The highest BCUT2D eigenvalue weighted by atomic mass is 16.5. The lowest BCUT2D eigenvalue weighted by atomic mass is 10.1. The van der Waals surface area contributed by atoms with Crippen molar-refractivity contribution in [2.75, 3.05) is 32.8 Å². The van der Waals surface area contributed by atoms with Crippen molar-refractivity contribution in [1.82, 2.24) is 15.0 Å². The summed E-state index contributed by atoms with van der Waals surface area (Å²) in [6.07, 6.45) is 0. The van der Waals surface area contributed by atoms with Crippen molar-refractivity contribution in [3.8, 4) is 5.75 Å². The van der Waals surface area contributed by atoms with Gasteiger partial charge in [0, 0.05) is 43.9 Å². The fourth-order valence-electron chi connectivity index (χ4n) is 3.10. The number of hydrogen-bond acceptors (Lipinski definition) is 5. The Morgan fingerprint density at radius 3 is 2.40 bits per heavy atom. The average Bonchev–Trinajstić information content (AvgIpc) is 2.95. The van der Waals surface area contributed by atoms with E-state index in [1.54, 1.807) is 0 Å². The maximum atomic E-state index is 12.6. The number of carbonyl (C=O) groups excluding carboxylic acids is 1. The topological polar surface area (TPSA) is 58.8 Å². The third-order valence-corrected chi connectivity index (χ3v) is 4.63. The van der Waals surface area contributed by atoms with Crippen LogP contribution in [-0.2, 0) is 6.54 Å². The van der Waals surface area contributed by atoms with Crippen LogP contribution in [0.2, 0.25) is 0 Å². The van der Waals surface area contributed by atoms with E-state index in [1.165, 1.54) is 0 Å². The maximum Gasteiger partial charge on any atom is 0.253 e. The Bertz CT molecular complexity index is 697. The van der Waals surface area contributed by atoms with E-state index in [-0.39, 0.29) is 5.91 Å². The van der Waals surface area contributed by atoms with E-state index in [0.717, 1.165) is 55.5 Å². The molecule has 0 N–H and O–H groups in total. The Balaban J connectivity index is 1.55. The minimum absolute atomic E-state index is 0.0834. The molecule has 134 valence electrons. The van der Waals surface area contributed by atoms with E-state index in [9.17, 15) is 4.79 Å². The fourth-order valence-corrected chi connectivity index (χ4v) is 3.10. The molecular formula is C19H25N3O3. The van der Waals surface area contributed by atoms with E-state index in [1.807, 2.05) is 49.9 Å². The van der Waals surface area contributed by atoms with Crippen molar-refractivity contribution in [3.05, 3.63) is 46.8 Å². The molecule has 1 aromatic carbocycles. The number of nitrogens with zero attached hydrogens (tertiary/aromatic N) is 3. The monoisotopic (exact) mass is 343 g/mol. The summed E-state index contributed by atoms with van der Waals surface area (Å²) in [5, 5.41) is 4.01. The molecule has 1 aliphatic rings. The molecule has 0 spiro atoms. The van der Waals surface area contributed by atoms with Crippen molar-refractivity contribution in [3.63, 3.8) is 0 Å². The first kappa shape index (κ1) is 17.5. The highest BCUT2D eigenvalue weighted by Crippen LogP contribution is 2.18. The van der Waals surface area contributed by atoms with Crippen LogP contribution < -0.4 is 4.74 Å². The number of carbonyl (C=O) groups is 1. The van der Waals surface area contributed by atoms with Crippen molar-refractivity contribution in [2.45, 2.75) is 27.3 Å². The predicted octanol–water partition coefficient (Wildman–Crippen LogP) is 2.65. The Hall–Kier alpha value is -2.34. The van der Waals surface area contributed by atoms with Gasteiger partial charge in [-0.25, -0.2) is 0 Å². The molecule has 1 saturated heterocycles. The molecule has 6 heteroatoms. The van der Waals surface area contributed by atoms with Crippen molar-refractivity contribution >= 4 is 5.91 Å². The second-order valence-corrected chi connectivity index (χ2v) is 6.33. The van der Waals surface area contributed by atoms with Gasteiger partial charge in [0.2, 0.25) is 0 Å². The summed E-state index contributed by atoms with van der Waals surface area (Å²) in [5.74, 6) is 1.76. The average molecular weight is 343 g/mol. The molecule has 2 heterocycles. The normalized spacial score (nSPS) is 15.4. The van der Waals surface area contributed by atoms with Gasteiger partial charge in [-0.2, -0.15) is 0 Å². The van der Waals surface area contributed by atoms with Crippen LogP contribution >= 0.6 is 0 Å². The zero-order valence-electron chi connectivity index (χ0n) is 15.1. The molecular weight excluding hydrogens is 318 g/mol. The maximum absolute atomic E-state index is 12.6. The molecule has 6 nitrogen and oxygen atoms in total. The van der Waals surface area contributed by atoms with Gasteiger partial charge in [-0.15, -0.1) is 0 Å². The number of rotatable bonds is 5. The molecule has 0 aliphatic carbocycles. The van der Waals surface area contributed by atoms with Gasteiger partial charge in [-0.3, -0.25) is 9.69 Å². The SMILES string of the molecule is CCOc1ccc(C(=O)N2CCN(Cc3c(C)noc3C)CC2)cc1. The van der Waals surface area contributed by atoms with Crippen LogP contribution in [0.4, 0.5) is 0 Å². The quantitative estimate of drug-likeness (QED) is 0.835. The van der Waals surface area contributed by atoms with Crippen LogP contribution in [0.5, 0.6) is 5.75 Å². The van der Waals surface area contributed by atoms with Crippen molar-refractivity contribution < 1.29 is 14.1 Å². The van der Waals surface area contributed by atoms with E-state index < -0.39 is 0 Å². The first-order valence-corrected chi connectivity index (χ1v) is 8.74. The standard InChI is InChI=1S/C19H25N3O3/c1-4-24-17-7-5-16(6-8-17)19(23)22-11-9-21(10-12-22)13-18-14(2)20-25-15(18)3/h5-8H,4,9-13H2,1-3H3. The minimum atomic E-state index is 0.0834. The van der Waals surface area contributed by atoms with E-state index in [2.05, 4.69) is 10.1 Å². The molecule has 1 amide bonds. The number of benzene rings is 1. The molecule has 2 aromatic rings. The number of piperazine rings is 1. The summed E-state index contributed by atoms with van der Waals surface area (Å²) in [5.41, 5.74) is 2.82. The lowest BCUT2D eigenvalue weighted by molar-refractivity contribution is 0.0627. The second kappa shape index (κ2) is 7.70. The van der Waals surface area contributed by atoms with Crippen molar-refractivity contribution in [2.24, 2.45) is 0 Å². The molecule has 0 saturated carbocycles. The van der Waals surface area contributed by atoms with Crippen LogP contribution in [-0.4, -0.2) is 53.6 Å². The molecule has 1 fully saturated rings. The smallest absolute Gasteiger partial charge is 0.253 e. The lowest BCUT2D eigenvalue weighted by Crippen LogP contribution is -2.48. The largest absolute Gasteiger partial charge is 0.494 e. The third kappa shape index (κ3) is 4.02. The molecule has 0 atom stereocenters. The summed E-state index contributed by atoms with van der Waals surface area (Å²) in [6, 6.07) is 7.38. The second-order valence-electron chi connectivity index (χ2n) is 6.33. The van der Waals surface area contributed by atoms with Crippen LogP contribution in [0.3, 0.4) is 0 Å². The van der Waals surface area contributed by atoms with Crippen LogP contribution in [0.15, 0.2) is 28.8 Å². The van der Waals surface area contributed by atoms with E-state index in [4.69, 9.17) is 9.26 Å². The van der Waals surface area contributed by atoms with Gasteiger partial charge < -0.3 is 14.2 Å². The fraction of sp³-hybridized carbons (Fsp3) is 0.474. The van der Waals surface area contributed by atoms with Gasteiger partial charge in [0.25, 0.3) is 5.91 Å². The number of hydrogen-bond donors (Lipinski definition) is 0. The number of aromatic nitrogens is 1. The first-order chi connectivity index (χ1) is 12.1. The molecule has 0 bridgehead atoms. The van der Waals surface area contributed by atoms with Gasteiger partial charge in [-0.1, -0.05) is 5.16 Å². The molecule has 3 rings (SSSR count).